The fourth-order valence-electron chi connectivity index (χ4n) is 3.00. The van der Waals surface area contributed by atoms with Gasteiger partial charge >= 0.3 is 0 Å². The Hall–Kier alpha value is -3.68. The van der Waals surface area contributed by atoms with E-state index in [2.05, 4.69) is 17.1 Å². The first-order valence-corrected chi connectivity index (χ1v) is 11.2. The molecule has 0 spiro atoms. The van der Waals surface area contributed by atoms with E-state index in [0.717, 1.165) is 5.56 Å². The number of amides is 1. The van der Waals surface area contributed by atoms with Gasteiger partial charge in [0.05, 0.1) is 25.5 Å². The average molecular weight is 515 g/mol. The number of halogens is 2. The Kier molecular flexibility index (Phi) is 9.40. The quantitative estimate of drug-likeness (QED) is 0.195. The summed E-state index contributed by atoms with van der Waals surface area (Å²) < 4.78 is 22.1. The number of nitrogens with one attached hydrogen (secondary N) is 1. The number of hydrazone groups is 1. The molecule has 0 aliphatic heterocycles. The second-order valence-corrected chi connectivity index (χ2v) is 7.96. The van der Waals surface area contributed by atoms with Crippen LogP contribution in [0.15, 0.2) is 72.4 Å². The summed E-state index contributed by atoms with van der Waals surface area (Å²) in [5, 5.41) is 5.00. The van der Waals surface area contributed by atoms with Crippen molar-refractivity contribution in [2.75, 3.05) is 20.8 Å². The number of carbonyl (C=O) groups excluding carboxylic acids is 1. The third kappa shape index (κ3) is 7.15. The molecule has 0 saturated heterocycles. The minimum absolute atomic E-state index is 0.289. The van der Waals surface area contributed by atoms with Crippen molar-refractivity contribution in [2.45, 2.75) is 6.61 Å². The van der Waals surface area contributed by atoms with Gasteiger partial charge in [-0.25, -0.2) is 5.43 Å². The van der Waals surface area contributed by atoms with Gasteiger partial charge in [0.15, 0.2) is 23.0 Å². The highest BCUT2D eigenvalue weighted by molar-refractivity contribution is 6.32. The molecule has 0 saturated carbocycles. The highest BCUT2D eigenvalue weighted by atomic mass is 35.5. The Bertz CT molecular complexity index is 1210. The lowest BCUT2D eigenvalue weighted by molar-refractivity contribution is 0.0954. The average Bonchev–Trinajstić information content (AvgIpc) is 2.87. The molecule has 0 heterocycles. The van der Waals surface area contributed by atoms with Gasteiger partial charge in [-0.3, -0.25) is 4.79 Å². The summed E-state index contributed by atoms with van der Waals surface area (Å²) in [7, 11) is 3.01. The van der Waals surface area contributed by atoms with Crippen molar-refractivity contribution in [1.82, 2.24) is 5.43 Å². The topological polar surface area (TPSA) is 78.4 Å². The summed E-state index contributed by atoms with van der Waals surface area (Å²) in [6.45, 7) is 4.22. The van der Waals surface area contributed by atoms with E-state index in [0.29, 0.717) is 50.8 Å². The minimum atomic E-state index is -0.421. The zero-order valence-electron chi connectivity index (χ0n) is 19.2. The van der Waals surface area contributed by atoms with Crippen molar-refractivity contribution >= 4 is 35.3 Å². The van der Waals surface area contributed by atoms with E-state index >= 15 is 0 Å². The second kappa shape index (κ2) is 12.7. The molecule has 7 nitrogen and oxygen atoms in total. The molecule has 0 aliphatic rings. The molecule has 0 atom stereocenters. The van der Waals surface area contributed by atoms with Crippen LogP contribution in [0.5, 0.6) is 23.0 Å². The highest BCUT2D eigenvalue weighted by Gasteiger charge is 2.13. The van der Waals surface area contributed by atoms with E-state index in [-0.39, 0.29) is 6.61 Å². The standard InChI is InChI=1S/C26H24Cl2N2O5/c1-4-11-34-22-10-7-19(14-23(22)32-2)26(31)30-29-15-18-12-21(28)25(24(13-18)33-3)35-16-17-5-8-20(27)9-6-17/h4-10,12-15H,1,11,16H2,2-3H3,(H,30,31)/b29-15+. The lowest BCUT2D eigenvalue weighted by atomic mass is 10.2. The lowest BCUT2D eigenvalue weighted by Gasteiger charge is -2.13. The third-order valence-electron chi connectivity index (χ3n) is 4.71. The fourth-order valence-corrected chi connectivity index (χ4v) is 3.40. The fraction of sp³-hybridized carbons (Fsp3) is 0.154. The van der Waals surface area contributed by atoms with E-state index in [1.807, 2.05) is 12.1 Å². The third-order valence-corrected chi connectivity index (χ3v) is 5.24. The molecule has 9 heteroatoms. The largest absolute Gasteiger partial charge is 0.493 e. The van der Waals surface area contributed by atoms with Crippen molar-refractivity contribution in [1.29, 1.82) is 0 Å². The lowest BCUT2D eigenvalue weighted by Crippen LogP contribution is -2.17. The summed E-state index contributed by atoms with van der Waals surface area (Å²) in [6, 6.07) is 15.5. The van der Waals surface area contributed by atoms with Gasteiger partial charge in [-0.05, 0) is 53.6 Å². The molecular formula is C26H24Cl2N2O5. The monoisotopic (exact) mass is 514 g/mol. The maximum Gasteiger partial charge on any atom is 0.271 e. The smallest absolute Gasteiger partial charge is 0.271 e. The van der Waals surface area contributed by atoms with E-state index in [9.17, 15) is 4.79 Å². The molecule has 3 rings (SSSR count). The van der Waals surface area contributed by atoms with Gasteiger partial charge in [0, 0.05) is 10.6 Å². The molecule has 0 aliphatic carbocycles. The number of hydrogen-bond acceptors (Lipinski definition) is 6. The first-order chi connectivity index (χ1) is 16.9. The molecule has 1 N–H and O–H groups in total. The number of rotatable bonds is 11. The Morgan fingerprint density at radius 1 is 0.971 bits per heavy atom. The minimum Gasteiger partial charge on any atom is -0.493 e. The van der Waals surface area contributed by atoms with Crippen LogP contribution in [-0.4, -0.2) is 32.9 Å². The molecule has 0 aromatic heterocycles. The number of hydrogen-bond donors (Lipinski definition) is 1. The van der Waals surface area contributed by atoms with E-state index in [1.165, 1.54) is 20.4 Å². The van der Waals surface area contributed by atoms with E-state index < -0.39 is 5.91 Å². The predicted molar refractivity (Wildman–Crippen MR) is 138 cm³/mol. The van der Waals surface area contributed by atoms with Gasteiger partial charge in [-0.1, -0.05) is 48.0 Å². The number of methoxy groups -OCH3 is 2. The molecule has 0 unspecified atom stereocenters. The summed E-state index contributed by atoms with van der Waals surface area (Å²) in [5.74, 6) is 1.34. The second-order valence-electron chi connectivity index (χ2n) is 7.11. The van der Waals surface area contributed by atoms with Crippen molar-refractivity contribution in [3.05, 3.63) is 94.0 Å². The normalized spacial score (nSPS) is 10.6. The van der Waals surface area contributed by atoms with Crippen molar-refractivity contribution in [3.8, 4) is 23.0 Å². The Morgan fingerprint density at radius 3 is 2.40 bits per heavy atom. The van der Waals surface area contributed by atoms with Crippen LogP contribution in [0.1, 0.15) is 21.5 Å². The zero-order chi connectivity index (χ0) is 25.2. The van der Waals surface area contributed by atoms with Gasteiger partial charge in [-0.15, -0.1) is 0 Å². The summed E-state index contributed by atoms with van der Waals surface area (Å²) in [5.41, 5.74) is 4.37. The molecule has 1 amide bonds. The van der Waals surface area contributed by atoms with Crippen LogP contribution in [0.25, 0.3) is 0 Å². The molecule has 3 aromatic carbocycles. The van der Waals surface area contributed by atoms with Gasteiger partial charge in [0.2, 0.25) is 0 Å². The predicted octanol–water partition coefficient (Wildman–Crippen LogP) is 5.92. The Morgan fingerprint density at radius 2 is 1.71 bits per heavy atom. The maximum absolute atomic E-state index is 12.5. The van der Waals surface area contributed by atoms with Crippen LogP contribution in [-0.2, 0) is 6.61 Å². The van der Waals surface area contributed by atoms with Gasteiger partial charge in [0.25, 0.3) is 5.91 Å². The Balaban J connectivity index is 1.67. The first-order valence-electron chi connectivity index (χ1n) is 10.4. The summed E-state index contributed by atoms with van der Waals surface area (Å²) in [4.78, 5) is 12.5. The van der Waals surface area contributed by atoms with E-state index in [4.69, 9.17) is 42.1 Å². The van der Waals surface area contributed by atoms with Crippen LogP contribution >= 0.6 is 23.2 Å². The maximum atomic E-state index is 12.5. The van der Waals surface area contributed by atoms with Gasteiger partial charge < -0.3 is 18.9 Å². The number of nitrogens with zero attached hydrogens (tertiary/aromatic N) is 1. The number of ether oxygens (including phenoxy) is 4. The SMILES string of the molecule is C=CCOc1ccc(C(=O)N/N=C/c2cc(Cl)c(OCc3ccc(Cl)cc3)c(OC)c2)cc1OC. The van der Waals surface area contributed by atoms with Gasteiger partial charge in [0.1, 0.15) is 13.2 Å². The number of carbonyl (C=O) groups is 1. The summed E-state index contributed by atoms with van der Waals surface area (Å²) >= 11 is 12.3. The van der Waals surface area contributed by atoms with Crippen molar-refractivity contribution in [2.24, 2.45) is 5.10 Å². The molecule has 0 bridgehead atoms. The molecule has 35 heavy (non-hydrogen) atoms. The molecule has 3 aromatic rings. The molecular weight excluding hydrogens is 491 g/mol. The van der Waals surface area contributed by atoms with Crippen LogP contribution in [0.4, 0.5) is 0 Å². The zero-order valence-corrected chi connectivity index (χ0v) is 20.7. The van der Waals surface area contributed by atoms with Crippen molar-refractivity contribution in [3.63, 3.8) is 0 Å². The molecule has 182 valence electrons. The van der Waals surface area contributed by atoms with Crippen molar-refractivity contribution < 1.29 is 23.7 Å². The van der Waals surface area contributed by atoms with Crippen LogP contribution in [0, 0.1) is 0 Å². The number of benzene rings is 3. The first kappa shape index (κ1) is 25.9. The van der Waals surface area contributed by atoms with E-state index in [1.54, 1.807) is 48.5 Å². The van der Waals surface area contributed by atoms with Crippen LogP contribution in [0.2, 0.25) is 10.0 Å². The molecule has 0 fully saturated rings. The highest BCUT2D eigenvalue weighted by Crippen LogP contribution is 2.36. The van der Waals surface area contributed by atoms with Crippen LogP contribution in [0.3, 0.4) is 0 Å². The van der Waals surface area contributed by atoms with Gasteiger partial charge in [-0.2, -0.15) is 5.10 Å². The Labute approximate surface area is 213 Å². The van der Waals surface area contributed by atoms with Crippen LogP contribution < -0.4 is 24.4 Å². The molecule has 0 radical (unpaired) electrons. The summed E-state index contributed by atoms with van der Waals surface area (Å²) in [6.07, 6.45) is 3.07.